The molecule has 1 fully saturated rings. The summed E-state index contributed by atoms with van der Waals surface area (Å²) in [6, 6.07) is 8.02. The fraction of sp³-hybridized carbons (Fsp3) is 0.500. The summed E-state index contributed by atoms with van der Waals surface area (Å²) >= 11 is 0. The van der Waals surface area contributed by atoms with Gasteiger partial charge in [0.15, 0.2) is 0 Å². The molecule has 0 aliphatic heterocycles. The van der Waals surface area contributed by atoms with Crippen molar-refractivity contribution >= 4 is 5.91 Å². The summed E-state index contributed by atoms with van der Waals surface area (Å²) in [4.78, 5) is 14.3. The third kappa shape index (κ3) is 4.09. The van der Waals surface area contributed by atoms with Crippen molar-refractivity contribution in [2.75, 3.05) is 13.6 Å². The summed E-state index contributed by atoms with van der Waals surface area (Å²) in [5.41, 5.74) is 7.45. The minimum atomic E-state index is 0.213. The van der Waals surface area contributed by atoms with Crippen LogP contribution >= 0.6 is 0 Å². The zero-order chi connectivity index (χ0) is 15.2. The summed E-state index contributed by atoms with van der Waals surface area (Å²) in [5, 5.41) is 0. The van der Waals surface area contributed by atoms with Crippen molar-refractivity contribution in [1.29, 1.82) is 0 Å². The molecular weight excluding hydrogens is 260 g/mol. The van der Waals surface area contributed by atoms with Crippen LogP contribution in [0.25, 0.3) is 0 Å². The van der Waals surface area contributed by atoms with Crippen molar-refractivity contribution in [2.45, 2.75) is 32.7 Å². The first kappa shape index (κ1) is 15.6. The van der Waals surface area contributed by atoms with Crippen molar-refractivity contribution in [1.82, 2.24) is 4.90 Å². The second kappa shape index (κ2) is 7.28. The quantitative estimate of drug-likeness (QED) is 0.866. The molecule has 2 rings (SSSR count). The van der Waals surface area contributed by atoms with E-state index in [1.807, 2.05) is 36.2 Å². The number of carbonyl (C=O) groups excluding carboxylic acids is 1. The van der Waals surface area contributed by atoms with E-state index in [9.17, 15) is 4.79 Å². The van der Waals surface area contributed by atoms with E-state index in [1.165, 1.54) is 12.8 Å². The van der Waals surface area contributed by atoms with Crippen LogP contribution in [0.15, 0.2) is 24.3 Å². The maximum Gasteiger partial charge on any atom is 0.225 e. The smallest absolute Gasteiger partial charge is 0.225 e. The van der Waals surface area contributed by atoms with Gasteiger partial charge in [-0.15, -0.1) is 0 Å². The van der Waals surface area contributed by atoms with E-state index in [-0.39, 0.29) is 11.8 Å². The van der Waals surface area contributed by atoms with Gasteiger partial charge in [0.2, 0.25) is 5.91 Å². The Labute approximate surface area is 127 Å². The van der Waals surface area contributed by atoms with E-state index in [4.69, 9.17) is 5.73 Å². The van der Waals surface area contributed by atoms with E-state index in [2.05, 4.69) is 18.8 Å². The highest BCUT2D eigenvalue weighted by Crippen LogP contribution is 2.32. The third-order valence-electron chi connectivity index (χ3n) is 4.26. The monoisotopic (exact) mass is 284 g/mol. The lowest BCUT2D eigenvalue weighted by atomic mass is 9.96. The van der Waals surface area contributed by atoms with Gasteiger partial charge in [-0.1, -0.05) is 37.3 Å². The van der Waals surface area contributed by atoms with Crippen LogP contribution in [0.2, 0.25) is 0 Å². The van der Waals surface area contributed by atoms with Crippen molar-refractivity contribution < 1.29 is 4.79 Å². The Kier molecular flexibility index (Phi) is 5.41. The number of rotatable bonds is 3. The molecular formula is C18H24N2O. The lowest BCUT2D eigenvalue weighted by molar-refractivity contribution is -0.135. The summed E-state index contributed by atoms with van der Waals surface area (Å²) in [7, 11) is 1.90. The van der Waals surface area contributed by atoms with Gasteiger partial charge in [-0.05, 0) is 36.5 Å². The highest BCUT2D eigenvalue weighted by molar-refractivity contribution is 5.79. The topological polar surface area (TPSA) is 46.3 Å². The van der Waals surface area contributed by atoms with Crippen LogP contribution in [0.1, 0.15) is 37.3 Å². The van der Waals surface area contributed by atoms with Crippen LogP contribution in [-0.4, -0.2) is 24.4 Å². The fourth-order valence-electron chi connectivity index (χ4n) is 2.99. The Morgan fingerprint density at radius 2 is 2.05 bits per heavy atom. The number of nitrogens with two attached hydrogens (primary N) is 1. The Hall–Kier alpha value is -1.79. The predicted molar refractivity (Wildman–Crippen MR) is 85.4 cm³/mol. The molecule has 3 heteroatoms. The summed E-state index contributed by atoms with van der Waals surface area (Å²) < 4.78 is 0. The summed E-state index contributed by atoms with van der Waals surface area (Å²) in [6.07, 6.45) is 3.40. The van der Waals surface area contributed by atoms with Gasteiger partial charge in [0.1, 0.15) is 0 Å². The van der Waals surface area contributed by atoms with Crippen LogP contribution in [0.5, 0.6) is 0 Å². The molecule has 1 aliphatic carbocycles. The second-order valence-electron chi connectivity index (χ2n) is 5.91. The molecule has 2 unspecified atom stereocenters. The second-order valence-corrected chi connectivity index (χ2v) is 5.91. The van der Waals surface area contributed by atoms with Crippen molar-refractivity contribution in [3.8, 4) is 11.8 Å². The van der Waals surface area contributed by atoms with Crippen molar-refractivity contribution in [3.63, 3.8) is 0 Å². The summed E-state index contributed by atoms with van der Waals surface area (Å²) in [5.74, 6) is 6.86. The maximum atomic E-state index is 12.5. The molecule has 0 heterocycles. The van der Waals surface area contributed by atoms with Crippen LogP contribution in [0.4, 0.5) is 0 Å². The van der Waals surface area contributed by atoms with E-state index in [1.54, 1.807) is 0 Å². The van der Waals surface area contributed by atoms with Gasteiger partial charge in [0, 0.05) is 25.1 Å². The van der Waals surface area contributed by atoms with Crippen LogP contribution in [-0.2, 0) is 11.3 Å². The molecule has 1 amide bonds. The van der Waals surface area contributed by atoms with Gasteiger partial charge < -0.3 is 10.6 Å². The van der Waals surface area contributed by atoms with Gasteiger partial charge in [-0.2, -0.15) is 0 Å². The number of benzene rings is 1. The van der Waals surface area contributed by atoms with Gasteiger partial charge in [0.25, 0.3) is 0 Å². The standard InChI is InChI=1S/C18H24N2O/c1-14-5-3-7-17(14)18(21)20(2)13-16-10-8-15(9-11-16)6-4-12-19/h8-11,14,17H,3,5,7,12-13,19H2,1-2H3. The summed E-state index contributed by atoms with van der Waals surface area (Å²) in [6.45, 7) is 3.22. The Morgan fingerprint density at radius 1 is 1.33 bits per heavy atom. The predicted octanol–water partition coefficient (Wildman–Crippen LogP) is 2.39. The molecule has 0 bridgehead atoms. The van der Waals surface area contributed by atoms with Gasteiger partial charge in [-0.25, -0.2) is 0 Å². The van der Waals surface area contributed by atoms with E-state index >= 15 is 0 Å². The first-order valence-corrected chi connectivity index (χ1v) is 7.64. The minimum absolute atomic E-state index is 0.213. The molecule has 2 N–H and O–H groups in total. The van der Waals surface area contributed by atoms with Gasteiger partial charge in [-0.3, -0.25) is 4.79 Å². The molecule has 0 radical (unpaired) electrons. The number of hydrogen-bond donors (Lipinski definition) is 1. The highest BCUT2D eigenvalue weighted by Gasteiger charge is 2.31. The molecule has 1 aromatic carbocycles. The zero-order valence-electron chi connectivity index (χ0n) is 12.9. The van der Waals surface area contributed by atoms with Crippen LogP contribution in [0.3, 0.4) is 0 Å². The van der Waals surface area contributed by atoms with Crippen molar-refractivity contribution in [3.05, 3.63) is 35.4 Å². The minimum Gasteiger partial charge on any atom is -0.341 e. The van der Waals surface area contributed by atoms with E-state index in [0.29, 0.717) is 19.0 Å². The number of hydrogen-bond acceptors (Lipinski definition) is 2. The zero-order valence-corrected chi connectivity index (χ0v) is 12.9. The molecule has 3 nitrogen and oxygen atoms in total. The Balaban J connectivity index is 1.95. The molecule has 2 atom stereocenters. The van der Waals surface area contributed by atoms with E-state index in [0.717, 1.165) is 17.5 Å². The molecule has 112 valence electrons. The normalized spacial score (nSPS) is 20.7. The van der Waals surface area contributed by atoms with Crippen molar-refractivity contribution in [2.24, 2.45) is 17.6 Å². The molecule has 0 saturated heterocycles. The molecule has 1 aliphatic rings. The Morgan fingerprint density at radius 3 is 2.62 bits per heavy atom. The molecule has 1 saturated carbocycles. The third-order valence-corrected chi connectivity index (χ3v) is 4.26. The van der Waals surface area contributed by atoms with Gasteiger partial charge >= 0.3 is 0 Å². The SMILES string of the molecule is CC1CCCC1C(=O)N(C)Cc1ccc(C#CCN)cc1. The molecule has 0 aromatic heterocycles. The van der Waals surface area contributed by atoms with Gasteiger partial charge in [0.05, 0.1) is 6.54 Å². The van der Waals surface area contributed by atoms with Crippen LogP contribution in [0, 0.1) is 23.7 Å². The lowest BCUT2D eigenvalue weighted by Gasteiger charge is -2.23. The number of carbonyl (C=O) groups is 1. The largest absolute Gasteiger partial charge is 0.341 e. The number of nitrogens with zero attached hydrogens (tertiary/aromatic N) is 1. The molecule has 1 aromatic rings. The number of amides is 1. The molecule has 0 spiro atoms. The first-order valence-electron chi connectivity index (χ1n) is 7.64. The average molecular weight is 284 g/mol. The highest BCUT2D eigenvalue weighted by atomic mass is 16.2. The first-order chi connectivity index (χ1) is 10.1. The molecule has 21 heavy (non-hydrogen) atoms. The fourth-order valence-corrected chi connectivity index (χ4v) is 2.99. The van der Waals surface area contributed by atoms with Crippen LogP contribution < -0.4 is 5.73 Å². The maximum absolute atomic E-state index is 12.5. The Bertz CT molecular complexity index is 539. The average Bonchev–Trinajstić information content (AvgIpc) is 2.92. The van der Waals surface area contributed by atoms with E-state index < -0.39 is 0 Å². The lowest BCUT2D eigenvalue weighted by Crippen LogP contribution is -2.33.